The molecule has 2 aromatic heterocycles. The summed E-state index contributed by atoms with van der Waals surface area (Å²) in [5.74, 6) is -0.0185. The molecule has 300 valence electrons. The quantitative estimate of drug-likeness (QED) is 0.105. The van der Waals surface area contributed by atoms with E-state index in [1.165, 1.54) is 0 Å². The van der Waals surface area contributed by atoms with E-state index in [1.807, 2.05) is 60.7 Å². The van der Waals surface area contributed by atoms with Gasteiger partial charge in [-0.1, -0.05) is 140 Å². The first-order chi connectivity index (χ1) is 27.1. The van der Waals surface area contributed by atoms with E-state index in [2.05, 4.69) is 79.7 Å². The smallest absolute Gasteiger partial charge is 0.663 e. The van der Waals surface area contributed by atoms with Gasteiger partial charge in [0, 0.05) is 79.6 Å². The summed E-state index contributed by atoms with van der Waals surface area (Å²) in [4.78, 5) is 52.1. The molecule has 0 unspecified atom stereocenters. The zero-order valence-corrected chi connectivity index (χ0v) is 36.1. The molecule has 2 aromatic carbocycles. The third kappa shape index (κ3) is 6.35. The SMILES string of the molecule is CCC1(CC)C2=CCC(=N2)C(CC)(CC)c2cc(C(=O)c3ccccc3)c([n-]2)C(CC)(CC)C2=CCC(=N2)C(CC)(CC)c2[n-]c1cc2C(=O)c1ccccc1.[Ni+2]. The Hall–Kier alpha value is -4.35. The largest absolute Gasteiger partial charge is 2.00 e. The predicted octanol–water partition coefficient (Wildman–Crippen LogP) is 11.5. The number of nitrogens with zero attached hydrogens (tertiary/aromatic N) is 4. The molecule has 4 aromatic rings. The van der Waals surface area contributed by atoms with Crippen molar-refractivity contribution in [2.75, 3.05) is 0 Å². The van der Waals surface area contributed by atoms with Crippen LogP contribution in [0.3, 0.4) is 0 Å². The number of hydrogen-bond acceptors (Lipinski definition) is 4. The van der Waals surface area contributed by atoms with Gasteiger partial charge in [-0.2, -0.15) is 0 Å². The molecule has 7 rings (SSSR count). The van der Waals surface area contributed by atoms with E-state index in [1.54, 1.807) is 0 Å². The van der Waals surface area contributed by atoms with Gasteiger partial charge in [-0.15, -0.1) is 22.8 Å². The van der Waals surface area contributed by atoms with Crippen molar-refractivity contribution in [3.05, 3.63) is 141 Å². The molecule has 0 N–H and O–H groups in total. The summed E-state index contributed by atoms with van der Waals surface area (Å²) in [6, 6.07) is 23.5. The van der Waals surface area contributed by atoms with Crippen LogP contribution < -0.4 is 9.97 Å². The Balaban J connectivity index is 0.00000549. The van der Waals surface area contributed by atoms with E-state index in [9.17, 15) is 9.59 Å². The second-order valence-corrected chi connectivity index (χ2v) is 16.1. The summed E-state index contributed by atoms with van der Waals surface area (Å²) in [5.41, 5.74) is 8.04. The summed E-state index contributed by atoms with van der Waals surface area (Å²) in [7, 11) is 0. The van der Waals surface area contributed by atoms with Gasteiger partial charge in [0.25, 0.3) is 0 Å². The summed E-state index contributed by atoms with van der Waals surface area (Å²) in [6.07, 6.45) is 12.0. The third-order valence-electron chi connectivity index (χ3n) is 14.4. The van der Waals surface area contributed by atoms with Gasteiger partial charge in [0.05, 0.1) is 0 Å². The van der Waals surface area contributed by atoms with Gasteiger partial charge in [0.1, 0.15) is 0 Å². The molecule has 0 radical (unpaired) electrons. The monoisotopic (exact) mass is 804 g/mol. The normalized spacial score (nSPS) is 18.5. The second-order valence-electron chi connectivity index (χ2n) is 16.1. The number of hydrogen-bond donors (Lipinski definition) is 0. The van der Waals surface area contributed by atoms with E-state index < -0.39 is 21.7 Å². The van der Waals surface area contributed by atoms with Crippen LogP contribution in [0, 0.1) is 0 Å². The fourth-order valence-electron chi connectivity index (χ4n) is 10.4. The van der Waals surface area contributed by atoms with Gasteiger partial charge in [0.2, 0.25) is 0 Å². The molecule has 5 heterocycles. The molecule has 0 saturated heterocycles. The van der Waals surface area contributed by atoms with Crippen molar-refractivity contribution < 1.29 is 26.1 Å². The van der Waals surface area contributed by atoms with E-state index in [0.29, 0.717) is 35.1 Å². The van der Waals surface area contributed by atoms with Gasteiger partial charge >= 0.3 is 16.5 Å². The first-order valence-corrected chi connectivity index (χ1v) is 21.3. The molecule has 3 aliphatic heterocycles. The predicted molar refractivity (Wildman–Crippen MR) is 229 cm³/mol. The van der Waals surface area contributed by atoms with Crippen molar-refractivity contribution in [3.8, 4) is 0 Å². The molecule has 6 nitrogen and oxygen atoms in total. The maximum absolute atomic E-state index is 14.7. The zero-order valence-electron chi connectivity index (χ0n) is 35.1. The molecule has 57 heavy (non-hydrogen) atoms. The number of ketones is 2. The van der Waals surface area contributed by atoms with Crippen LogP contribution in [0.5, 0.6) is 0 Å². The number of carbonyl (C=O) groups excluding carboxylic acids is 2. The molecule has 0 saturated carbocycles. The van der Waals surface area contributed by atoms with Crippen molar-refractivity contribution in [3.63, 3.8) is 0 Å². The average Bonchev–Trinajstić information content (AvgIpc) is 4.10. The van der Waals surface area contributed by atoms with Gasteiger partial charge in [-0.05, 0) is 51.4 Å². The molecule has 0 fully saturated rings. The maximum atomic E-state index is 14.7. The first kappa shape index (κ1) is 42.3. The molecule has 0 amide bonds. The number of aliphatic imine (C=N–C) groups is 2. The van der Waals surface area contributed by atoms with Crippen LogP contribution in [0.1, 0.15) is 174 Å². The minimum Gasteiger partial charge on any atom is -0.663 e. The Kier molecular flexibility index (Phi) is 12.2. The molecule has 0 aliphatic carbocycles. The van der Waals surface area contributed by atoms with Crippen molar-refractivity contribution in [1.82, 2.24) is 9.97 Å². The molecule has 0 atom stereocenters. The summed E-state index contributed by atoms with van der Waals surface area (Å²) < 4.78 is 0. The van der Waals surface area contributed by atoms with Crippen LogP contribution in [-0.2, 0) is 38.2 Å². The molecule has 0 spiro atoms. The summed E-state index contributed by atoms with van der Waals surface area (Å²) in [6.45, 7) is 17.7. The number of benzene rings is 2. The zero-order chi connectivity index (χ0) is 39.9. The minimum atomic E-state index is -0.606. The maximum Gasteiger partial charge on any atom is 2.00 e. The first-order valence-electron chi connectivity index (χ1n) is 21.3. The Labute approximate surface area is 350 Å². The Morgan fingerprint density at radius 3 is 1.26 bits per heavy atom. The molecule has 3 aliphatic rings. The molecule has 8 bridgehead atoms. The van der Waals surface area contributed by atoms with E-state index in [0.717, 1.165) is 97.0 Å². The minimum absolute atomic E-state index is 0. The van der Waals surface area contributed by atoms with Crippen LogP contribution in [-0.4, -0.2) is 23.0 Å². The fourth-order valence-corrected chi connectivity index (χ4v) is 10.4. The van der Waals surface area contributed by atoms with E-state index >= 15 is 0 Å². The number of fused-ring (bicyclic) bond motifs is 6. The second kappa shape index (κ2) is 16.5. The standard InChI is InChI=1S/C50H60N4O2.Ni/c1-9-47(10-2)37-27-28-38(51-37)48(11-3,12-4)42-32-36(44(56)34-25-21-18-22-26-34)46(54-42)50(15-7,16-8)40-30-29-39(52-40)49(13-5,14-6)45-35(31-41(47)53-45)43(55)33-23-19-17-20-24-33;/h17-27,30-32H,9-16,28-29H2,1-8H3,(H2,53,54,55,56);/q;+2/p-2. The van der Waals surface area contributed by atoms with Gasteiger partial charge in [-0.3, -0.25) is 19.6 Å². The van der Waals surface area contributed by atoms with Crippen molar-refractivity contribution in [2.24, 2.45) is 9.98 Å². The molecular formula is C50H58N4NiO2. The van der Waals surface area contributed by atoms with Gasteiger partial charge < -0.3 is 9.97 Å². The Bertz CT molecular complexity index is 2230. The van der Waals surface area contributed by atoms with Gasteiger partial charge in [0.15, 0.2) is 11.6 Å². The molecule has 7 heteroatoms. The topological polar surface area (TPSA) is 87.1 Å². The summed E-state index contributed by atoms with van der Waals surface area (Å²) in [5, 5.41) is 0. The van der Waals surface area contributed by atoms with Gasteiger partial charge in [-0.25, -0.2) is 0 Å². The van der Waals surface area contributed by atoms with E-state index in [-0.39, 0.29) is 28.1 Å². The average molecular weight is 806 g/mol. The Morgan fingerprint density at radius 2 is 0.860 bits per heavy atom. The van der Waals surface area contributed by atoms with Crippen molar-refractivity contribution in [2.45, 2.75) is 141 Å². The van der Waals surface area contributed by atoms with Crippen molar-refractivity contribution in [1.29, 1.82) is 0 Å². The molecular weight excluding hydrogens is 747 g/mol. The van der Waals surface area contributed by atoms with Crippen LogP contribution >= 0.6 is 0 Å². The van der Waals surface area contributed by atoms with Crippen LogP contribution in [0.2, 0.25) is 0 Å². The van der Waals surface area contributed by atoms with Crippen LogP contribution in [0.4, 0.5) is 0 Å². The van der Waals surface area contributed by atoms with Crippen LogP contribution in [0.25, 0.3) is 0 Å². The number of aromatic nitrogens is 2. The summed E-state index contributed by atoms with van der Waals surface area (Å²) >= 11 is 0. The number of carbonyl (C=O) groups is 2. The number of allylic oxidation sites excluding steroid dienone is 4. The number of rotatable bonds is 12. The Morgan fingerprint density at radius 1 is 0.509 bits per heavy atom. The fraction of sp³-hybridized carbons (Fsp3) is 0.440. The van der Waals surface area contributed by atoms with E-state index in [4.69, 9.17) is 20.0 Å². The third-order valence-corrected chi connectivity index (χ3v) is 14.4. The van der Waals surface area contributed by atoms with Crippen molar-refractivity contribution >= 4 is 23.0 Å². The van der Waals surface area contributed by atoms with Crippen LogP contribution in [0.15, 0.2) is 106 Å².